The van der Waals surface area contributed by atoms with Crippen molar-refractivity contribution in [1.82, 2.24) is 14.8 Å². The highest BCUT2D eigenvalue weighted by atomic mass is 32.2. The molecule has 27 heavy (non-hydrogen) atoms. The largest absolute Gasteiger partial charge is 0.325 e. The van der Waals surface area contributed by atoms with E-state index in [-0.39, 0.29) is 11.2 Å². The summed E-state index contributed by atoms with van der Waals surface area (Å²) in [6, 6.07) is 8.65. The zero-order valence-electron chi connectivity index (χ0n) is 16.3. The summed E-state index contributed by atoms with van der Waals surface area (Å²) in [6.45, 7) is 6.32. The maximum Gasteiger partial charge on any atom is 0.237 e. The molecule has 0 spiro atoms. The van der Waals surface area contributed by atoms with E-state index in [1.165, 1.54) is 43.0 Å². The van der Waals surface area contributed by atoms with Crippen LogP contribution in [0.15, 0.2) is 29.4 Å². The highest BCUT2D eigenvalue weighted by molar-refractivity contribution is 8.00. The van der Waals surface area contributed by atoms with Gasteiger partial charge in [-0.3, -0.25) is 4.79 Å². The van der Waals surface area contributed by atoms with E-state index < -0.39 is 0 Å². The van der Waals surface area contributed by atoms with Crippen LogP contribution in [-0.2, 0) is 4.79 Å². The summed E-state index contributed by atoms with van der Waals surface area (Å²) in [5.41, 5.74) is 2.12. The molecule has 0 saturated heterocycles. The number of hydrogen-bond donors (Lipinski definition) is 1. The minimum Gasteiger partial charge on any atom is -0.325 e. The summed E-state index contributed by atoms with van der Waals surface area (Å²) in [5.74, 6) is 2.16. The molecule has 1 aromatic carbocycles. The Balaban J connectivity index is 1.46. The number of carbonyl (C=O) groups is 1. The number of para-hydroxylation sites is 1. The van der Waals surface area contributed by atoms with Crippen LogP contribution in [-0.4, -0.2) is 25.9 Å². The van der Waals surface area contributed by atoms with E-state index in [0.717, 1.165) is 23.1 Å². The molecule has 1 aromatic heterocycles. The summed E-state index contributed by atoms with van der Waals surface area (Å²) in [4.78, 5) is 12.8. The predicted octanol–water partition coefficient (Wildman–Crippen LogP) is 5.12. The van der Waals surface area contributed by atoms with E-state index >= 15 is 0 Å². The molecule has 5 nitrogen and oxygen atoms in total. The van der Waals surface area contributed by atoms with Crippen molar-refractivity contribution >= 4 is 23.4 Å². The number of nitrogens with zero attached hydrogens (tertiary/aromatic N) is 3. The van der Waals surface area contributed by atoms with Gasteiger partial charge in [0.25, 0.3) is 0 Å². The minimum absolute atomic E-state index is 0.0223. The molecule has 4 rings (SSSR count). The average molecular weight is 385 g/mol. The monoisotopic (exact) mass is 384 g/mol. The van der Waals surface area contributed by atoms with Gasteiger partial charge in [-0.15, -0.1) is 10.2 Å². The fraction of sp³-hybridized carbons (Fsp3) is 0.571. The van der Waals surface area contributed by atoms with Crippen LogP contribution in [0.2, 0.25) is 0 Å². The van der Waals surface area contributed by atoms with E-state index in [4.69, 9.17) is 0 Å². The quantitative estimate of drug-likeness (QED) is 0.642. The normalized spacial score (nSPS) is 18.9. The summed E-state index contributed by atoms with van der Waals surface area (Å²) >= 11 is 1.53. The molecule has 2 aliphatic carbocycles. The van der Waals surface area contributed by atoms with Gasteiger partial charge >= 0.3 is 0 Å². The fourth-order valence-corrected chi connectivity index (χ4v) is 4.30. The van der Waals surface area contributed by atoms with Gasteiger partial charge in [-0.05, 0) is 56.6 Å². The Hall–Kier alpha value is -1.82. The van der Waals surface area contributed by atoms with E-state index in [9.17, 15) is 4.79 Å². The first-order chi connectivity index (χ1) is 13.1. The number of aromatic nitrogens is 3. The number of rotatable bonds is 8. The summed E-state index contributed by atoms with van der Waals surface area (Å²) < 4.78 is 2.30. The van der Waals surface area contributed by atoms with E-state index in [1.54, 1.807) is 0 Å². The van der Waals surface area contributed by atoms with Crippen LogP contribution in [0.25, 0.3) is 0 Å². The van der Waals surface area contributed by atoms with Gasteiger partial charge in [-0.1, -0.05) is 43.8 Å². The van der Waals surface area contributed by atoms with Gasteiger partial charge < -0.3 is 9.88 Å². The van der Waals surface area contributed by atoms with Crippen molar-refractivity contribution in [3.63, 3.8) is 0 Å². The van der Waals surface area contributed by atoms with Crippen LogP contribution in [0, 0.1) is 0 Å². The standard InChI is InChI=1S/C21H28N4OS/c1-4-13(2)17-7-5-6-8-18(17)22-20(26)14(3)27-21-24-23-19(15-9-10-15)25(21)16-11-12-16/h5-8,13-16H,4,9-12H2,1-3H3,(H,22,26)/t13-,14+/m1/s1. The van der Waals surface area contributed by atoms with Crippen molar-refractivity contribution in [2.75, 3.05) is 5.32 Å². The predicted molar refractivity (Wildman–Crippen MR) is 109 cm³/mol. The van der Waals surface area contributed by atoms with Crippen molar-refractivity contribution < 1.29 is 4.79 Å². The molecule has 2 aliphatic rings. The Kier molecular flexibility index (Phi) is 5.26. The van der Waals surface area contributed by atoms with Crippen LogP contribution in [0.3, 0.4) is 0 Å². The molecular formula is C21H28N4OS. The molecule has 1 N–H and O–H groups in total. The van der Waals surface area contributed by atoms with E-state index in [2.05, 4.69) is 40.0 Å². The average Bonchev–Trinajstić information content (AvgIpc) is 3.60. The second kappa shape index (κ2) is 7.66. The first kappa shape index (κ1) is 18.5. The van der Waals surface area contributed by atoms with Gasteiger partial charge in [0.1, 0.15) is 5.82 Å². The van der Waals surface area contributed by atoms with Crippen LogP contribution in [0.5, 0.6) is 0 Å². The number of anilines is 1. The molecule has 2 fully saturated rings. The molecule has 144 valence electrons. The lowest BCUT2D eigenvalue weighted by Gasteiger charge is -2.18. The Labute approximate surface area is 165 Å². The fourth-order valence-electron chi connectivity index (χ4n) is 3.37. The summed E-state index contributed by atoms with van der Waals surface area (Å²) in [5, 5.41) is 12.7. The summed E-state index contributed by atoms with van der Waals surface area (Å²) in [6.07, 6.45) is 5.89. The zero-order valence-corrected chi connectivity index (χ0v) is 17.1. The number of benzene rings is 1. The molecule has 0 bridgehead atoms. The highest BCUT2D eigenvalue weighted by Crippen LogP contribution is 2.46. The van der Waals surface area contributed by atoms with Crippen molar-refractivity contribution in [2.45, 2.75) is 81.2 Å². The SMILES string of the molecule is CC[C@@H](C)c1ccccc1NC(=O)[C@H](C)Sc1nnc(C2CC2)n1C1CC1. The molecule has 2 atom stereocenters. The topological polar surface area (TPSA) is 59.8 Å². The molecule has 1 amide bonds. The third kappa shape index (κ3) is 4.05. The lowest BCUT2D eigenvalue weighted by Crippen LogP contribution is -2.23. The maximum absolute atomic E-state index is 12.8. The Morgan fingerprint density at radius 1 is 1.22 bits per heavy atom. The van der Waals surface area contributed by atoms with Gasteiger partial charge in [-0.2, -0.15) is 0 Å². The Morgan fingerprint density at radius 3 is 2.63 bits per heavy atom. The molecule has 1 heterocycles. The van der Waals surface area contributed by atoms with Crippen LogP contribution < -0.4 is 5.32 Å². The van der Waals surface area contributed by atoms with Crippen LogP contribution >= 0.6 is 11.8 Å². The van der Waals surface area contributed by atoms with E-state index in [1.807, 2.05) is 25.1 Å². The lowest BCUT2D eigenvalue weighted by molar-refractivity contribution is -0.115. The number of carbonyl (C=O) groups excluding carboxylic acids is 1. The van der Waals surface area contributed by atoms with Crippen molar-refractivity contribution in [2.24, 2.45) is 0 Å². The smallest absolute Gasteiger partial charge is 0.237 e. The van der Waals surface area contributed by atoms with Crippen molar-refractivity contribution in [3.05, 3.63) is 35.7 Å². The molecule has 0 unspecified atom stereocenters. The summed E-state index contributed by atoms with van der Waals surface area (Å²) in [7, 11) is 0. The third-order valence-corrected chi connectivity index (χ3v) is 6.62. The number of hydrogen-bond acceptors (Lipinski definition) is 4. The first-order valence-electron chi connectivity index (χ1n) is 10.1. The van der Waals surface area contributed by atoms with Crippen molar-refractivity contribution in [3.8, 4) is 0 Å². The molecular weight excluding hydrogens is 356 g/mol. The zero-order chi connectivity index (χ0) is 19.0. The second-order valence-corrected chi connectivity index (χ2v) is 9.17. The number of thioether (sulfide) groups is 1. The lowest BCUT2D eigenvalue weighted by atomic mass is 9.97. The molecule has 6 heteroatoms. The first-order valence-corrected chi connectivity index (χ1v) is 11.0. The van der Waals surface area contributed by atoms with Gasteiger partial charge in [0.15, 0.2) is 5.16 Å². The molecule has 0 radical (unpaired) electrons. The van der Waals surface area contributed by atoms with Gasteiger partial charge in [0, 0.05) is 17.6 Å². The second-order valence-electron chi connectivity index (χ2n) is 7.86. The highest BCUT2D eigenvalue weighted by Gasteiger charge is 2.37. The molecule has 2 saturated carbocycles. The van der Waals surface area contributed by atoms with E-state index in [0.29, 0.717) is 17.9 Å². The van der Waals surface area contributed by atoms with Crippen LogP contribution in [0.1, 0.15) is 82.1 Å². The van der Waals surface area contributed by atoms with Gasteiger partial charge in [0.2, 0.25) is 5.91 Å². The molecule has 0 aliphatic heterocycles. The van der Waals surface area contributed by atoms with Crippen LogP contribution in [0.4, 0.5) is 5.69 Å². The Bertz CT molecular complexity index is 825. The molecule has 2 aromatic rings. The van der Waals surface area contributed by atoms with Gasteiger partial charge in [-0.25, -0.2) is 0 Å². The van der Waals surface area contributed by atoms with Gasteiger partial charge in [0.05, 0.1) is 5.25 Å². The minimum atomic E-state index is -0.219. The number of amides is 1. The number of nitrogens with one attached hydrogen (secondary N) is 1. The Morgan fingerprint density at radius 2 is 1.96 bits per heavy atom. The maximum atomic E-state index is 12.8. The van der Waals surface area contributed by atoms with Crippen molar-refractivity contribution in [1.29, 1.82) is 0 Å². The third-order valence-electron chi connectivity index (χ3n) is 5.56.